The average molecular weight is 372 g/mol. The van der Waals surface area contributed by atoms with Crippen LogP contribution in [0.5, 0.6) is 5.88 Å². The first-order valence-electron chi connectivity index (χ1n) is 10.2. The Bertz CT molecular complexity index is 714. The molecule has 0 aliphatic rings. The second-order valence-corrected chi connectivity index (χ2v) is 6.72. The zero-order valence-corrected chi connectivity index (χ0v) is 17.0. The van der Waals surface area contributed by atoms with Crippen LogP contribution < -0.4 is 10.1 Å². The van der Waals surface area contributed by atoms with Crippen molar-refractivity contribution in [3.05, 3.63) is 35.9 Å². The third kappa shape index (κ3) is 6.51. The van der Waals surface area contributed by atoms with E-state index >= 15 is 0 Å². The topological polar surface area (TPSA) is 54.5 Å². The van der Waals surface area contributed by atoms with Crippen LogP contribution in [0.25, 0.3) is 10.9 Å². The Labute approximate surface area is 163 Å². The maximum atomic E-state index is 12.8. The lowest BCUT2D eigenvalue weighted by molar-refractivity contribution is 0.0950. The van der Waals surface area contributed by atoms with E-state index in [0.29, 0.717) is 24.6 Å². The Morgan fingerprint density at radius 2 is 1.89 bits per heavy atom. The van der Waals surface area contributed by atoms with Crippen molar-refractivity contribution >= 4 is 16.8 Å². The predicted molar refractivity (Wildman–Crippen MR) is 112 cm³/mol. The van der Waals surface area contributed by atoms with E-state index < -0.39 is 0 Å². The monoisotopic (exact) mass is 371 g/mol. The molecule has 5 heteroatoms. The van der Waals surface area contributed by atoms with Crippen molar-refractivity contribution in [1.29, 1.82) is 0 Å². The van der Waals surface area contributed by atoms with Gasteiger partial charge in [-0.1, -0.05) is 58.2 Å². The molecule has 27 heavy (non-hydrogen) atoms. The molecule has 0 unspecified atom stereocenters. The van der Waals surface area contributed by atoms with Gasteiger partial charge in [-0.3, -0.25) is 4.79 Å². The Morgan fingerprint density at radius 3 is 2.63 bits per heavy atom. The van der Waals surface area contributed by atoms with Gasteiger partial charge in [0.1, 0.15) is 0 Å². The van der Waals surface area contributed by atoms with Crippen LogP contribution in [0.3, 0.4) is 0 Å². The van der Waals surface area contributed by atoms with E-state index in [4.69, 9.17) is 4.74 Å². The van der Waals surface area contributed by atoms with Gasteiger partial charge in [0, 0.05) is 24.5 Å². The van der Waals surface area contributed by atoms with Gasteiger partial charge < -0.3 is 15.0 Å². The van der Waals surface area contributed by atoms with Gasteiger partial charge in [0.25, 0.3) is 5.91 Å². The molecule has 2 rings (SSSR count). The second-order valence-electron chi connectivity index (χ2n) is 6.72. The minimum atomic E-state index is -0.0726. The lowest BCUT2D eigenvalue weighted by Gasteiger charge is -2.18. The average Bonchev–Trinajstić information content (AvgIpc) is 2.70. The number of rotatable bonds is 12. The molecular formula is C22H33N3O2. The number of carbonyl (C=O) groups is 1. The normalized spacial score (nSPS) is 11.1. The van der Waals surface area contributed by atoms with Crippen molar-refractivity contribution in [2.75, 3.05) is 32.8 Å². The summed E-state index contributed by atoms with van der Waals surface area (Å²) in [5, 5.41) is 3.90. The molecule has 0 aliphatic carbocycles. The molecule has 1 aromatic carbocycles. The van der Waals surface area contributed by atoms with Crippen molar-refractivity contribution in [2.45, 2.75) is 46.5 Å². The quantitative estimate of drug-likeness (QED) is 0.566. The molecule has 1 aromatic heterocycles. The first kappa shape index (κ1) is 21.2. The van der Waals surface area contributed by atoms with Crippen molar-refractivity contribution in [1.82, 2.24) is 15.2 Å². The molecule has 0 atom stereocenters. The summed E-state index contributed by atoms with van der Waals surface area (Å²) in [4.78, 5) is 19.6. The van der Waals surface area contributed by atoms with Crippen LogP contribution in [0.2, 0.25) is 0 Å². The number of aromatic nitrogens is 1. The van der Waals surface area contributed by atoms with Crippen LogP contribution in [0, 0.1) is 0 Å². The highest BCUT2D eigenvalue weighted by atomic mass is 16.5. The van der Waals surface area contributed by atoms with Gasteiger partial charge in [-0.15, -0.1) is 0 Å². The van der Waals surface area contributed by atoms with Crippen molar-refractivity contribution in [3.63, 3.8) is 0 Å². The van der Waals surface area contributed by atoms with Crippen LogP contribution in [-0.4, -0.2) is 48.6 Å². The SMILES string of the molecule is CCCCCCOc1cc(C(=O)NCCN(CC)CC)c2ccccc2n1. The smallest absolute Gasteiger partial charge is 0.252 e. The van der Waals surface area contributed by atoms with Crippen molar-refractivity contribution in [2.24, 2.45) is 0 Å². The molecule has 1 amide bonds. The number of nitrogens with zero attached hydrogens (tertiary/aromatic N) is 2. The summed E-state index contributed by atoms with van der Waals surface area (Å²) in [7, 11) is 0. The molecule has 0 saturated heterocycles. The zero-order valence-electron chi connectivity index (χ0n) is 17.0. The Hall–Kier alpha value is -2.14. The van der Waals surface area contributed by atoms with Gasteiger partial charge in [0.2, 0.25) is 5.88 Å². The Morgan fingerprint density at radius 1 is 1.11 bits per heavy atom. The van der Waals surface area contributed by atoms with E-state index in [0.717, 1.165) is 43.4 Å². The van der Waals surface area contributed by atoms with E-state index in [2.05, 4.69) is 36.0 Å². The first-order chi connectivity index (χ1) is 13.2. The number of amides is 1. The number of likely N-dealkylation sites (N-methyl/N-ethyl adjacent to an activating group) is 1. The molecule has 2 aromatic rings. The summed E-state index contributed by atoms with van der Waals surface area (Å²) in [6, 6.07) is 9.50. The van der Waals surface area contributed by atoms with Gasteiger partial charge in [0.15, 0.2) is 0 Å². The molecule has 0 saturated carbocycles. The minimum absolute atomic E-state index is 0.0726. The van der Waals surface area contributed by atoms with Gasteiger partial charge in [-0.25, -0.2) is 4.98 Å². The number of benzene rings is 1. The standard InChI is InChI=1S/C22H33N3O2/c1-4-7-8-11-16-27-21-17-19(18-12-9-10-13-20(18)24-21)22(26)23-14-15-25(5-2)6-3/h9-10,12-13,17H,4-8,11,14-16H2,1-3H3,(H,23,26). The number of nitrogens with one attached hydrogen (secondary N) is 1. The predicted octanol–water partition coefficient (Wildman–Crippen LogP) is 4.27. The zero-order chi connectivity index (χ0) is 19.5. The van der Waals surface area contributed by atoms with Crippen LogP contribution in [0.1, 0.15) is 56.8 Å². The maximum Gasteiger partial charge on any atom is 0.252 e. The van der Waals surface area contributed by atoms with Crippen LogP contribution >= 0.6 is 0 Å². The lowest BCUT2D eigenvalue weighted by atomic mass is 10.1. The highest BCUT2D eigenvalue weighted by Crippen LogP contribution is 2.22. The molecule has 5 nitrogen and oxygen atoms in total. The van der Waals surface area contributed by atoms with Gasteiger partial charge in [-0.05, 0) is 25.6 Å². The minimum Gasteiger partial charge on any atom is -0.478 e. The Kier molecular flexibility index (Phi) is 9.05. The van der Waals surface area contributed by atoms with Crippen LogP contribution in [0.15, 0.2) is 30.3 Å². The summed E-state index contributed by atoms with van der Waals surface area (Å²) >= 11 is 0. The number of hydrogen-bond acceptors (Lipinski definition) is 4. The maximum absolute atomic E-state index is 12.8. The lowest BCUT2D eigenvalue weighted by Crippen LogP contribution is -2.34. The molecule has 148 valence electrons. The highest BCUT2D eigenvalue weighted by Gasteiger charge is 2.13. The number of hydrogen-bond donors (Lipinski definition) is 1. The summed E-state index contributed by atoms with van der Waals surface area (Å²) in [5.41, 5.74) is 1.42. The fraction of sp³-hybridized carbons (Fsp3) is 0.545. The number of unbranched alkanes of at least 4 members (excludes halogenated alkanes) is 3. The van der Waals surface area contributed by atoms with Crippen LogP contribution in [-0.2, 0) is 0 Å². The fourth-order valence-corrected chi connectivity index (χ4v) is 3.08. The molecule has 0 aliphatic heterocycles. The van der Waals surface area contributed by atoms with E-state index in [1.54, 1.807) is 6.07 Å². The highest BCUT2D eigenvalue weighted by molar-refractivity contribution is 6.06. The van der Waals surface area contributed by atoms with Gasteiger partial charge in [0.05, 0.1) is 17.7 Å². The van der Waals surface area contributed by atoms with E-state index in [-0.39, 0.29) is 5.91 Å². The number of fused-ring (bicyclic) bond motifs is 1. The third-order valence-corrected chi connectivity index (χ3v) is 4.79. The fourth-order valence-electron chi connectivity index (χ4n) is 3.08. The van der Waals surface area contributed by atoms with E-state index in [1.165, 1.54) is 12.8 Å². The van der Waals surface area contributed by atoms with Crippen molar-refractivity contribution in [3.8, 4) is 5.88 Å². The molecule has 1 N–H and O–H groups in total. The third-order valence-electron chi connectivity index (χ3n) is 4.79. The number of ether oxygens (including phenoxy) is 1. The summed E-state index contributed by atoms with van der Waals surface area (Å²) in [6.07, 6.45) is 4.58. The first-order valence-corrected chi connectivity index (χ1v) is 10.2. The van der Waals surface area contributed by atoms with Gasteiger partial charge in [-0.2, -0.15) is 0 Å². The van der Waals surface area contributed by atoms with E-state index in [9.17, 15) is 4.79 Å². The summed E-state index contributed by atoms with van der Waals surface area (Å²) in [5.74, 6) is 0.454. The molecular weight excluding hydrogens is 338 g/mol. The van der Waals surface area contributed by atoms with E-state index in [1.807, 2.05) is 24.3 Å². The van der Waals surface area contributed by atoms with Gasteiger partial charge >= 0.3 is 0 Å². The molecule has 0 radical (unpaired) electrons. The molecule has 1 heterocycles. The van der Waals surface area contributed by atoms with Crippen LogP contribution in [0.4, 0.5) is 0 Å². The summed E-state index contributed by atoms with van der Waals surface area (Å²) < 4.78 is 5.83. The Balaban J connectivity index is 2.07. The number of para-hydroxylation sites is 1. The van der Waals surface area contributed by atoms with Crippen molar-refractivity contribution < 1.29 is 9.53 Å². The number of pyridine rings is 1. The molecule has 0 fully saturated rings. The molecule has 0 bridgehead atoms. The summed E-state index contributed by atoms with van der Waals surface area (Å²) in [6.45, 7) is 10.5. The number of carbonyl (C=O) groups excluding carboxylic acids is 1. The largest absolute Gasteiger partial charge is 0.478 e. The second kappa shape index (κ2) is 11.5. The molecule has 0 spiro atoms.